The van der Waals surface area contributed by atoms with Crippen LogP contribution in [0.2, 0.25) is 0 Å². The van der Waals surface area contributed by atoms with Gasteiger partial charge < -0.3 is 15.5 Å². The van der Waals surface area contributed by atoms with Crippen LogP contribution in [0.4, 0.5) is 0 Å². The minimum absolute atomic E-state index is 0.0358. The maximum Gasteiger partial charge on any atom is 0.225 e. The monoisotopic (exact) mass is 365 g/mol. The molecule has 1 saturated heterocycles. The topological polar surface area (TPSA) is 78.5 Å². The van der Waals surface area contributed by atoms with E-state index in [1.54, 1.807) is 4.90 Å². The van der Waals surface area contributed by atoms with Crippen LogP contribution in [-0.2, 0) is 14.4 Å². The van der Waals surface area contributed by atoms with E-state index < -0.39 is 0 Å². The first-order chi connectivity index (χ1) is 12.3. The van der Waals surface area contributed by atoms with Gasteiger partial charge in [0.2, 0.25) is 17.7 Å². The largest absolute Gasteiger partial charge is 0.354 e. The number of hydrogen-bond donors (Lipinski definition) is 2. The molecule has 0 aromatic rings. The van der Waals surface area contributed by atoms with Crippen molar-refractivity contribution >= 4 is 17.7 Å². The highest BCUT2D eigenvalue weighted by Crippen LogP contribution is 2.27. The Kier molecular flexibility index (Phi) is 7.47. The van der Waals surface area contributed by atoms with Gasteiger partial charge in [0, 0.05) is 38.0 Å². The van der Waals surface area contributed by atoms with E-state index in [0.717, 1.165) is 6.42 Å². The maximum absolute atomic E-state index is 12.2. The van der Waals surface area contributed by atoms with Crippen LogP contribution >= 0.6 is 0 Å². The molecule has 1 unspecified atom stereocenters. The van der Waals surface area contributed by atoms with Gasteiger partial charge in [-0.1, -0.05) is 32.1 Å². The fourth-order valence-electron chi connectivity index (χ4n) is 3.96. The molecular formula is C20H35N3O3. The van der Waals surface area contributed by atoms with Gasteiger partial charge in [-0.05, 0) is 33.1 Å². The summed E-state index contributed by atoms with van der Waals surface area (Å²) in [5, 5.41) is 5.72. The van der Waals surface area contributed by atoms with E-state index in [-0.39, 0.29) is 35.6 Å². The van der Waals surface area contributed by atoms with Crippen molar-refractivity contribution in [3.05, 3.63) is 0 Å². The van der Waals surface area contributed by atoms with E-state index >= 15 is 0 Å². The van der Waals surface area contributed by atoms with Crippen LogP contribution < -0.4 is 10.6 Å². The Morgan fingerprint density at radius 3 is 2.35 bits per heavy atom. The summed E-state index contributed by atoms with van der Waals surface area (Å²) < 4.78 is 0. The molecule has 1 atom stereocenters. The Bertz CT molecular complexity index is 507. The number of hydrogen-bond acceptors (Lipinski definition) is 3. The normalized spacial score (nSPS) is 21.7. The molecule has 6 nitrogen and oxygen atoms in total. The van der Waals surface area contributed by atoms with Gasteiger partial charge >= 0.3 is 0 Å². The Labute approximate surface area is 157 Å². The zero-order valence-electron chi connectivity index (χ0n) is 16.6. The van der Waals surface area contributed by atoms with Crippen molar-refractivity contribution in [2.75, 3.05) is 19.6 Å². The lowest BCUT2D eigenvalue weighted by atomic mass is 9.86. The molecule has 2 fully saturated rings. The maximum atomic E-state index is 12.2. The lowest BCUT2D eigenvalue weighted by Crippen LogP contribution is -2.43. The molecule has 0 spiro atoms. The van der Waals surface area contributed by atoms with Crippen molar-refractivity contribution in [1.82, 2.24) is 15.5 Å². The molecule has 1 heterocycles. The fraction of sp³-hybridized carbons (Fsp3) is 0.850. The van der Waals surface area contributed by atoms with Crippen molar-refractivity contribution in [2.24, 2.45) is 11.8 Å². The molecule has 0 bridgehead atoms. The van der Waals surface area contributed by atoms with Crippen molar-refractivity contribution in [1.29, 1.82) is 0 Å². The standard InChI is InChI=1S/C20H35N3O3/c1-20(2,3)23-14-16(13-18(23)25)19(26)22-12-11-21-17(24)10-9-15-7-5-4-6-8-15/h15-16H,4-14H2,1-3H3,(H,21,24)(H,22,26). The highest BCUT2D eigenvalue weighted by molar-refractivity contribution is 5.89. The highest BCUT2D eigenvalue weighted by atomic mass is 16.2. The first-order valence-corrected chi connectivity index (χ1v) is 10.1. The summed E-state index contributed by atoms with van der Waals surface area (Å²) in [7, 11) is 0. The van der Waals surface area contributed by atoms with Crippen LogP contribution in [0.15, 0.2) is 0 Å². The van der Waals surface area contributed by atoms with Crippen LogP contribution in [0.1, 0.15) is 72.1 Å². The zero-order valence-corrected chi connectivity index (χ0v) is 16.6. The summed E-state index contributed by atoms with van der Waals surface area (Å²) >= 11 is 0. The smallest absolute Gasteiger partial charge is 0.225 e. The highest BCUT2D eigenvalue weighted by Gasteiger charge is 2.39. The Hall–Kier alpha value is -1.59. The minimum Gasteiger partial charge on any atom is -0.354 e. The van der Waals surface area contributed by atoms with Gasteiger partial charge in [0.25, 0.3) is 0 Å². The second kappa shape index (κ2) is 9.38. The molecule has 6 heteroatoms. The molecule has 1 saturated carbocycles. The molecule has 0 aromatic carbocycles. The van der Waals surface area contributed by atoms with E-state index in [1.807, 2.05) is 20.8 Å². The van der Waals surface area contributed by atoms with Gasteiger partial charge in [0.1, 0.15) is 0 Å². The van der Waals surface area contributed by atoms with Crippen LogP contribution in [0.3, 0.4) is 0 Å². The molecule has 2 aliphatic rings. The Morgan fingerprint density at radius 1 is 1.08 bits per heavy atom. The average Bonchev–Trinajstić information content (AvgIpc) is 3.00. The second-order valence-corrected chi connectivity index (χ2v) is 8.76. The summed E-state index contributed by atoms with van der Waals surface area (Å²) in [6.07, 6.45) is 8.29. The molecule has 1 aliphatic heterocycles. The van der Waals surface area contributed by atoms with E-state index in [0.29, 0.717) is 32.0 Å². The predicted octanol–water partition coefficient (Wildman–Crippen LogP) is 2.23. The zero-order chi connectivity index (χ0) is 19.2. The summed E-state index contributed by atoms with van der Waals surface area (Å²) in [5.74, 6) is 0.429. The molecule has 148 valence electrons. The molecule has 0 radical (unpaired) electrons. The van der Waals surface area contributed by atoms with Crippen molar-refractivity contribution in [3.63, 3.8) is 0 Å². The number of carbonyl (C=O) groups excluding carboxylic acids is 3. The average molecular weight is 366 g/mol. The third-order valence-corrected chi connectivity index (χ3v) is 5.56. The molecule has 2 N–H and O–H groups in total. The summed E-state index contributed by atoms with van der Waals surface area (Å²) in [6.45, 7) is 7.27. The molecule has 0 aromatic heterocycles. The number of nitrogens with one attached hydrogen (secondary N) is 2. The summed E-state index contributed by atoms with van der Waals surface area (Å²) in [5.41, 5.74) is -0.252. The predicted molar refractivity (Wildman–Crippen MR) is 101 cm³/mol. The van der Waals surface area contributed by atoms with E-state index in [1.165, 1.54) is 32.1 Å². The second-order valence-electron chi connectivity index (χ2n) is 8.76. The van der Waals surface area contributed by atoms with Gasteiger partial charge in [-0.15, -0.1) is 0 Å². The van der Waals surface area contributed by atoms with E-state index in [9.17, 15) is 14.4 Å². The summed E-state index contributed by atoms with van der Waals surface area (Å²) in [4.78, 5) is 38.0. The lowest BCUT2D eigenvalue weighted by molar-refractivity contribution is -0.132. The van der Waals surface area contributed by atoms with Crippen LogP contribution in [-0.4, -0.2) is 47.8 Å². The third-order valence-electron chi connectivity index (χ3n) is 5.56. The van der Waals surface area contributed by atoms with Gasteiger partial charge in [-0.2, -0.15) is 0 Å². The van der Waals surface area contributed by atoms with Crippen LogP contribution in [0.25, 0.3) is 0 Å². The third kappa shape index (κ3) is 6.29. The summed E-state index contributed by atoms with van der Waals surface area (Å²) in [6, 6.07) is 0. The number of likely N-dealkylation sites (tertiary alicyclic amines) is 1. The number of nitrogens with zero attached hydrogens (tertiary/aromatic N) is 1. The molecule has 1 aliphatic carbocycles. The molecule has 2 rings (SSSR count). The Morgan fingerprint density at radius 2 is 1.73 bits per heavy atom. The Balaban J connectivity index is 1.58. The van der Waals surface area contributed by atoms with Crippen molar-refractivity contribution < 1.29 is 14.4 Å². The van der Waals surface area contributed by atoms with Gasteiger partial charge in [-0.25, -0.2) is 0 Å². The van der Waals surface area contributed by atoms with E-state index in [2.05, 4.69) is 10.6 Å². The molecular weight excluding hydrogens is 330 g/mol. The van der Waals surface area contributed by atoms with Crippen molar-refractivity contribution in [2.45, 2.75) is 77.7 Å². The van der Waals surface area contributed by atoms with Gasteiger partial charge in [0.05, 0.1) is 5.92 Å². The van der Waals surface area contributed by atoms with Gasteiger partial charge in [-0.3, -0.25) is 14.4 Å². The number of amides is 3. The molecule has 3 amide bonds. The van der Waals surface area contributed by atoms with E-state index in [4.69, 9.17) is 0 Å². The van der Waals surface area contributed by atoms with Crippen LogP contribution in [0, 0.1) is 11.8 Å². The minimum atomic E-state index is -0.288. The quantitative estimate of drug-likeness (QED) is 0.679. The van der Waals surface area contributed by atoms with Gasteiger partial charge in [0.15, 0.2) is 0 Å². The first-order valence-electron chi connectivity index (χ1n) is 10.1. The SMILES string of the molecule is CC(C)(C)N1CC(C(=O)NCCNC(=O)CCC2CCCCC2)CC1=O. The first kappa shape index (κ1) is 20.7. The van der Waals surface area contributed by atoms with Crippen molar-refractivity contribution in [3.8, 4) is 0 Å². The molecule has 26 heavy (non-hydrogen) atoms. The number of carbonyl (C=O) groups is 3. The fourth-order valence-corrected chi connectivity index (χ4v) is 3.96. The number of rotatable bonds is 7. The van der Waals surface area contributed by atoms with Crippen LogP contribution in [0.5, 0.6) is 0 Å². The lowest BCUT2D eigenvalue weighted by Gasteiger charge is -2.31.